The second-order valence-electron chi connectivity index (χ2n) is 16.3. The van der Waals surface area contributed by atoms with Crippen LogP contribution in [-0.2, 0) is 5.41 Å². The molecule has 12 rings (SSSR count). The van der Waals surface area contributed by atoms with Crippen molar-refractivity contribution in [3.05, 3.63) is 228 Å². The largest absolute Gasteiger partial charge is 0.208 e. The van der Waals surface area contributed by atoms with Gasteiger partial charge in [-0.2, -0.15) is 0 Å². The highest BCUT2D eigenvalue weighted by atomic mass is 15.0. The van der Waals surface area contributed by atoms with Crippen molar-refractivity contribution in [2.75, 3.05) is 0 Å². The first kappa shape index (κ1) is 34.5. The Hall–Kier alpha value is -7.49. The number of fused-ring (bicyclic) bond motifs is 11. The van der Waals surface area contributed by atoms with Crippen LogP contribution in [0.5, 0.6) is 0 Å². The smallest absolute Gasteiger partial charge is 0.164 e. The van der Waals surface area contributed by atoms with Crippen LogP contribution in [0.2, 0.25) is 0 Å². The van der Waals surface area contributed by atoms with Crippen LogP contribution in [0.3, 0.4) is 0 Å². The molecule has 0 saturated heterocycles. The Morgan fingerprint density at radius 1 is 0.433 bits per heavy atom. The van der Waals surface area contributed by atoms with E-state index in [4.69, 9.17) is 15.0 Å². The van der Waals surface area contributed by atoms with Crippen LogP contribution < -0.4 is 0 Å². The molecule has 0 fully saturated rings. The van der Waals surface area contributed by atoms with Crippen LogP contribution in [0, 0.1) is 5.92 Å². The fraction of sp³-hybridized carbons (Fsp3) is 0.0702. The summed E-state index contributed by atoms with van der Waals surface area (Å²) in [7, 11) is 0. The molecular formula is C57H39N3. The number of benzene rings is 8. The first-order chi connectivity index (χ1) is 29.6. The highest BCUT2D eigenvalue weighted by Gasteiger charge is 2.51. The van der Waals surface area contributed by atoms with Gasteiger partial charge in [0.1, 0.15) is 0 Å². The molecule has 0 saturated carbocycles. The van der Waals surface area contributed by atoms with Gasteiger partial charge in [0.05, 0.1) is 5.41 Å². The van der Waals surface area contributed by atoms with E-state index in [1.807, 2.05) is 18.2 Å². The van der Waals surface area contributed by atoms with Gasteiger partial charge in [0.15, 0.2) is 17.5 Å². The second kappa shape index (κ2) is 13.5. The number of rotatable bonds is 5. The van der Waals surface area contributed by atoms with Crippen molar-refractivity contribution in [2.45, 2.75) is 18.8 Å². The molecule has 1 spiro atoms. The van der Waals surface area contributed by atoms with Gasteiger partial charge in [0, 0.05) is 16.7 Å². The number of aromatic nitrogens is 3. The highest BCUT2D eigenvalue weighted by molar-refractivity contribution is 6.05. The molecule has 3 nitrogen and oxygen atoms in total. The number of hydrogen-bond acceptors (Lipinski definition) is 3. The van der Waals surface area contributed by atoms with E-state index in [1.54, 1.807) is 0 Å². The lowest BCUT2D eigenvalue weighted by atomic mass is 9.70. The minimum absolute atomic E-state index is 0.417. The van der Waals surface area contributed by atoms with Gasteiger partial charge in [0.25, 0.3) is 0 Å². The summed E-state index contributed by atoms with van der Waals surface area (Å²) in [6, 6.07) is 66.6. The summed E-state index contributed by atoms with van der Waals surface area (Å²) in [5, 5.41) is 2.40. The maximum atomic E-state index is 5.16. The molecular weight excluding hydrogens is 727 g/mol. The molecule has 1 unspecified atom stereocenters. The van der Waals surface area contributed by atoms with E-state index in [2.05, 4.69) is 189 Å². The SMILES string of the molecule is CC1C=C(c2nc(-c3ccccc3)nc(-c3cccc(-c4c(-c5ccc6c(c5)C5(c7ccccc7-c7ccccc75)c5ccccc5-6)ccc5ccccc45)c3)n2)C=CC1. The van der Waals surface area contributed by atoms with E-state index < -0.39 is 5.41 Å². The van der Waals surface area contributed by atoms with Gasteiger partial charge >= 0.3 is 0 Å². The van der Waals surface area contributed by atoms with Crippen LogP contribution in [0.1, 0.15) is 41.4 Å². The Kier molecular flexibility index (Phi) is 7.80. The summed E-state index contributed by atoms with van der Waals surface area (Å²) >= 11 is 0. The maximum Gasteiger partial charge on any atom is 0.164 e. The van der Waals surface area contributed by atoms with Gasteiger partial charge < -0.3 is 0 Å². The fourth-order valence-corrected chi connectivity index (χ4v) is 10.2. The Balaban J connectivity index is 1.06. The van der Waals surface area contributed by atoms with Gasteiger partial charge in [0.2, 0.25) is 0 Å². The second-order valence-corrected chi connectivity index (χ2v) is 16.3. The maximum absolute atomic E-state index is 5.16. The topological polar surface area (TPSA) is 38.7 Å². The van der Waals surface area contributed by atoms with E-state index >= 15 is 0 Å². The molecule has 3 aliphatic carbocycles. The van der Waals surface area contributed by atoms with E-state index in [9.17, 15) is 0 Å². The molecule has 1 aromatic heterocycles. The Bertz CT molecular complexity index is 3200. The molecule has 1 atom stereocenters. The average molecular weight is 766 g/mol. The summed E-state index contributed by atoms with van der Waals surface area (Å²) in [4.78, 5) is 15.3. The first-order valence-electron chi connectivity index (χ1n) is 20.9. The third-order valence-corrected chi connectivity index (χ3v) is 12.8. The average Bonchev–Trinajstić information content (AvgIpc) is 3.78. The number of hydrogen-bond donors (Lipinski definition) is 0. The minimum atomic E-state index is -0.417. The normalized spacial score (nSPS) is 15.3. The van der Waals surface area contributed by atoms with Crippen LogP contribution in [0.25, 0.3) is 83.6 Å². The molecule has 0 amide bonds. The molecule has 3 heteroatoms. The summed E-state index contributed by atoms with van der Waals surface area (Å²) < 4.78 is 0. The summed E-state index contributed by atoms with van der Waals surface area (Å²) in [6.07, 6.45) is 7.66. The van der Waals surface area contributed by atoms with Crippen molar-refractivity contribution in [3.8, 4) is 67.3 Å². The van der Waals surface area contributed by atoms with Crippen molar-refractivity contribution in [3.63, 3.8) is 0 Å². The van der Waals surface area contributed by atoms with Gasteiger partial charge in [-0.25, -0.2) is 15.0 Å². The predicted molar refractivity (Wildman–Crippen MR) is 246 cm³/mol. The zero-order chi connectivity index (χ0) is 39.8. The van der Waals surface area contributed by atoms with Crippen LogP contribution in [-0.4, -0.2) is 15.0 Å². The van der Waals surface area contributed by atoms with Gasteiger partial charge in [-0.15, -0.1) is 0 Å². The summed E-state index contributed by atoms with van der Waals surface area (Å²) in [5.74, 6) is 2.44. The summed E-state index contributed by atoms with van der Waals surface area (Å²) in [5.41, 5.74) is 17.8. The third-order valence-electron chi connectivity index (χ3n) is 12.8. The van der Waals surface area contributed by atoms with E-state index in [-0.39, 0.29) is 0 Å². The van der Waals surface area contributed by atoms with E-state index in [0.717, 1.165) is 28.7 Å². The molecule has 3 aliphatic rings. The molecule has 9 aromatic rings. The first-order valence-corrected chi connectivity index (χ1v) is 20.9. The predicted octanol–water partition coefficient (Wildman–Crippen LogP) is 14.0. The Labute approximate surface area is 350 Å². The van der Waals surface area contributed by atoms with Crippen LogP contribution >= 0.6 is 0 Å². The molecule has 8 aromatic carbocycles. The molecule has 0 bridgehead atoms. The highest BCUT2D eigenvalue weighted by Crippen LogP contribution is 2.63. The Morgan fingerprint density at radius 3 is 1.72 bits per heavy atom. The molecule has 60 heavy (non-hydrogen) atoms. The van der Waals surface area contributed by atoms with Crippen molar-refractivity contribution in [1.29, 1.82) is 0 Å². The van der Waals surface area contributed by atoms with Gasteiger partial charge in [-0.1, -0.05) is 195 Å². The minimum Gasteiger partial charge on any atom is -0.208 e. The summed E-state index contributed by atoms with van der Waals surface area (Å²) in [6.45, 7) is 2.24. The Morgan fingerprint density at radius 2 is 1.00 bits per heavy atom. The lowest BCUT2D eigenvalue weighted by molar-refractivity contribution is 0.738. The molecule has 0 N–H and O–H groups in total. The van der Waals surface area contributed by atoms with Gasteiger partial charge in [-0.05, 0) is 102 Å². The quantitative estimate of drug-likeness (QED) is 0.175. The number of allylic oxidation sites excluding steroid dienone is 4. The monoisotopic (exact) mass is 765 g/mol. The van der Waals surface area contributed by atoms with Crippen molar-refractivity contribution >= 4 is 16.3 Å². The van der Waals surface area contributed by atoms with E-state index in [0.29, 0.717) is 23.4 Å². The third kappa shape index (κ3) is 5.19. The van der Waals surface area contributed by atoms with Crippen LogP contribution in [0.4, 0.5) is 0 Å². The number of nitrogens with zero attached hydrogens (tertiary/aromatic N) is 3. The van der Waals surface area contributed by atoms with Crippen molar-refractivity contribution < 1.29 is 0 Å². The standard InChI is InChI=1S/C57H39N3/c1-36-15-13-20-41(33-36)55-58-54(38-17-3-2-4-18-38)59-56(60-55)42-21-14-19-40(34-42)53-43-22-6-5-16-37(43)29-31-44(53)39-30-32-48-47-25-9-12-28-51(47)57(52(48)35-39)49-26-10-7-23-45(49)46-24-8-11-27-50(46)57/h2-14,16-36H,15H2,1H3. The zero-order valence-corrected chi connectivity index (χ0v) is 33.2. The zero-order valence-electron chi connectivity index (χ0n) is 33.2. The van der Waals surface area contributed by atoms with Crippen molar-refractivity contribution in [1.82, 2.24) is 15.0 Å². The molecule has 282 valence electrons. The van der Waals surface area contributed by atoms with Crippen molar-refractivity contribution in [2.24, 2.45) is 5.92 Å². The van der Waals surface area contributed by atoms with E-state index in [1.165, 1.54) is 72.0 Å². The molecule has 1 heterocycles. The lowest BCUT2D eigenvalue weighted by Crippen LogP contribution is -2.25. The van der Waals surface area contributed by atoms with Gasteiger partial charge in [-0.3, -0.25) is 0 Å². The molecule has 0 aliphatic heterocycles. The lowest BCUT2D eigenvalue weighted by Gasteiger charge is -2.30. The molecule has 0 radical (unpaired) electrons. The fourth-order valence-electron chi connectivity index (χ4n) is 10.2. The van der Waals surface area contributed by atoms with Crippen LogP contribution in [0.15, 0.2) is 200 Å².